The first-order chi connectivity index (χ1) is 3.68. The van der Waals surface area contributed by atoms with E-state index in [0.29, 0.717) is 0 Å². The first kappa shape index (κ1) is 4.74. The molecule has 3 heteroatoms. The Hall–Kier alpha value is -0.410. The third-order valence-electron chi connectivity index (χ3n) is 0.499. The van der Waals surface area contributed by atoms with Crippen LogP contribution in [0.5, 0.6) is 0 Å². The predicted octanol–water partition coefficient (Wildman–Crippen LogP) is -0.196. The van der Waals surface area contributed by atoms with Crippen molar-refractivity contribution in [1.29, 1.82) is 0 Å². The number of ether oxygens (including phenoxy) is 2. The molecule has 0 saturated heterocycles. The maximum Gasteiger partial charge on any atom is 0.214 e. The molecule has 3 nitrogen and oxygen atoms in total. The van der Waals surface area contributed by atoms with Crippen molar-refractivity contribution in [2.45, 2.75) is 6.27 Å². The molecule has 0 saturated carbocycles. The molecule has 0 aromatic heterocycles. The van der Waals surface area contributed by atoms with Crippen LogP contribution in [0.4, 0.5) is 0 Å². The van der Waals surface area contributed by atoms with E-state index >= 15 is 0 Å². The van der Waals surface area contributed by atoms with E-state index in [2.05, 4.69) is 9.47 Å². The van der Waals surface area contributed by atoms with Gasteiger partial charge in [0.05, 0.1) is 0 Å². The van der Waals surface area contributed by atoms with E-state index in [1.54, 1.807) is 0 Å². The molecule has 0 aromatic carbocycles. The molecule has 0 N–H and O–H groups in total. The molecular formula is C4H8O3. The summed E-state index contributed by atoms with van der Waals surface area (Å²) >= 11 is 0. The zero-order valence-corrected chi connectivity index (χ0v) is 4.30. The van der Waals surface area contributed by atoms with Crippen molar-refractivity contribution in [2.75, 3.05) is 14.2 Å². The van der Waals surface area contributed by atoms with Gasteiger partial charge in [-0.15, -0.1) is 0 Å². The first-order valence-corrected chi connectivity index (χ1v) is 1.75. The largest absolute Gasteiger partial charge is 0.350 e. The molecule has 7 heavy (non-hydrogen) atoms. The summed E-state index contributed by atoms with van der Waals surface area (Å²) in [7, 11) is 2.45. The molecule has 0 bridgehead atoms. The average Bonchev–Trinajstić information content (AvgIpc) is 1.87. The SMILES string of the molecule is [2H]C(C=O)(OC)OC. The van der Waals surface area contributed by atoms with Gasteiger partial charge in [-0.1, -0.05) is 0 Å². The molecule has 0 aliphatic heterocycles. The Kier molecular flexibility index (Phi) is 2.55. The Morgan fingerprint density at radius 3 is 2.14 bits per heavy atom. The van der Waals surface area contributed by atoms with Gasteiger partial charge in [-0.3, -0.25) is 4.79 Å². The molecule has 0 aromatic rings. The molecule has 0 rings (SSSR count). The van der Waals surface area contributed by atoms with Gasteiger partial charge in [-0.2, -0.15) is 0 Å². The van der Waals surface area contributed by atoms with E-state index in [1.165, 1.54) is 14.2 Å². The Balaban J connectivity index is 3.76. The quantitative estimate of drug-likeness (QED) is 0.368. The third kappa shape index (κ3) is 2.31. The smallest absolute Gasteiger partial charge is 0.214 e. The van der Waals surface area contributed by atoms with E-state index in [-0.39, 0.29) is 6.29 Å². The number of carbonyl (C=O) groups is 1. The predicted molar refractivity (Wildman–Crippen MR) is 23.9 cm³/mol. The van der Waals surface area contributed by atoms with Crippen molar-refractivity contribution in [3.8, 4) is 0 Å². The van der Waals surface area contributed by atoms with Gasteiger partial charge >= 0.3 is 0 Å². The highest BCUT2D eigenvalue weighted by atomic mass is 16.7. The van der Waals surface area contributed by atoms with Crippen molar-refractivity contribution in [3.63, 3.8) is 0 Å². The van der Waals surface area contributed by atoms with E-state index in [1.807, 2.05) is 0 Å². The number of rotatable bonds is 3. The fourth-order valence-corrected chi connectivity index (χ4v) is 0.180. The summed E-state index contributed by atoms with van der Waals surface area (Å²) in [6.07, 6.45) is -1.53. The van der Waals surface area contributed by atoms with Gasteiger partial charge in [-0.25, -0.2) is 0 Å². The van der Waals surface area contributed by atoms with Crippen LogP contribution in [0.1, 0.15) is 1.37 Å². The lowest BCUT2D eigenvalue weighted by Gasteiger charge is -2.01. The van der Waals surface area contributed by atoms with Crippen LogP contribution in [0.2, 0.25) is 0 Å². The molecular weight excluding hydrogens is 96.0 g/mol. The number of hydrogen-bond acceptors (Lipinski definition) is 3. The van der Waals surface area contributed by atoms with Crippen LogP contribution in [0.25, 0.3) is 0 Å². The lowest BCUT2D eigenvalue weighted by molar-refractivity contribution is -0.143. The molecule has 0 radical (unpaired) electrons. The van der Waals surface area contributed by atoms with Gasteiger partial charge < -0.3 is 9.47 Å². The standard InChI is InChI=1S/C4H8O3/c1-6-4(3-5)7-2/h3-4H,1-2H3/i4D. The molecule has 0 amide bonds. The van der Waals surface area contributed by atoms with Crippen molar-refractivity contribution in [3.05, 3.63) is 0 Å². The molecule has 0 aliphatic rings. The van der Waals surface area contributed by atoms with Gasteiger partial charge in [0.15, 0.2) is 6.29 Å². The summed E-state index contributed by atoms with van der Waals surface area (Å²) in [5, 5.41) is 0. The zero-order chi connectivity index (χ0) is 6.62. The van der Waals surface area contributed by atoms with Gasteiger partial charge in [-0.05, 0) is 0 Å². The van der Waals surface area contributed by atoms with Crippen LogP contribution in [0.3, 0.4) is 0 Å². The number of aldehydes is 1. The fraction of sp³-hybridized carbons (Fsp3) is 0.750. The first-order valence-electron chi connectivity index (χ1n) is 2.25. The molecule has 0 atom stereocenters. The van der Waals surface area contributed by atoms with Crippen molar-refractivity contribution in [2.24, 2.45) is 0 Å². The second kappa shape index (κ2) is 3.77. The monoisotopic (exact) mass is 105 g/mol. The van der Waals surface area contributed by atoms with Crippen molar-refractivity contribution < 1.29 is 15.6 Å². The Bertz CT molecular complexity index is 79.4. The molecule has 42 valence electrons. The number of carbonyl (C=O) groups excluding carboxylic acids is 1. The average molecular weight is 105 g/mol. The van der Waals surface area contributed by atoms with E-state index in [0.717, 1.165) is 0 Å². The minimum Gasteiger partial charge on any atom is -0.350 e. The number of hydrogen-bond donors (Lipinski definition) is 0. The summed E-state index contributed by atoms with van der Waals surface area (Å²) in [6, 6.07) is 0. The van der Waals surface area contributed by atoms with Crippen LogP contribution < -0.4 is 0 Å². The highest BCUT2D eigenvalue weighted by molar-refractivity contribution is 5.53. The zero-order valence-electron chi connectivity index (χ0n) is 5.30. The summed E-state index contributed by atoms with van der Waals surface area (Å²) < 4.78 is 15.5. The van der Waals surface area contributed by atoms with Gasteiger partial charge in [0.1, 0.15) is 1.37 Å². The maximum absolute atomic E-state index is 9.85. The lowest BCUT2D eigenvalue weighted by Crippen LogP contribution is -2.13. The minimum absolute atomic E-state index is 0.271. The highest BCUT2D eigenvalue weighted by Gasteiger charge is 1.97. The normalized spacial score (nSPS) is 13.1. The molecule has 0 fully saturated rings. The Morgan fingerprint density at radius 1 is 1.71 bits per heavy atom. The topological polar surface area (TPSA) is 35.5 Å². The van der Waals surface area contributed by atoms with Crippen LogP contribution in [-0.2, 0) is 14.3 Å². The molecule has 0 aliphatic carbocycles. The van der Waals surface area contributed by atoms with Crippen LogP contribution in [-0.4, -0.2) is 26.8 Å². The lowest BCUT2D eigenvalue weighted by atomic mass is 10.7. The van der Waals surface area contributed by atoms with E-state index < -0.39 is 6.27 Å². The minimum atomic E-state index is -1.81. The van der Waals surface area contributed by atoms with E-state index in [9.17, 15) is 4.79 Å². The van der Waals surface area contributed by atoms with Gasteiger partial charge in [0, 0.05) is 14.2 Å². The van der Waals surface area contributed by atoms with Gasteiger partial charge in [0.2, 0.25) is 6.27 Å². The Labute approximate surface area is 43.6 Å². The van der Waals surface area contributed by atoms with Crippen LogP contribution in [0.15, 0.2) is 0 Å². The summed E-state index contributed by atoms with van der Waals surface area (Å²) in [5.41, 5.74) is 0. The molecule has 0 unspecified atom stereocenters. The van der Waals surface area contributed by atoms with E-state index in [4.69, 9.17) is 1.37 Å². The number of methoxy groups -OCH3 is 2. The summed E-state index contributed by atoms with van der Waals surface area (Å²) in [4.78, 5) is 9.85. The van der Waals surface area contributed by atoms with Crippen molar-refractivity contribution >= 4 is 6.29 Å². The molecule has 0 spiro atoms. The third-order valence-corrected chi connectivity index (χ3v) is 0.499. The molecule has 0 heterocycles. The summed E-state index contributed by atoms with van der Waals surface area (Å²) in [5.74, 6) is 0. The van der Waals surface area contributed by atoms with Crippen LogP contribution >= 0.6 is 0 Å². The van der Waals surface area contributed by atoms with Gasteiger partial charge in [0.25, 0.3) is 0 Å². The summed E-state index contributed by atoms with van der Waals surface area (Å²) in [6.45, 7) is 0. The second-order valence-electron chi connectivity index (χ2n) is 0.845. The van der Waals surface area contributed by atoms with Crippen LogP contribution in [0, 0.1) is 0 Å². The highest BCUT2D eigenvalue weighted by Crippen LogP contribution is 1.80. The Morgan fingerprint density at radius 2 is 2.14 bits per heavy atom. The van der Waals surface area contributed by atoms with Crippen molar-refractivity contribution in [1.82, 2.24) is 0 Å². The maximum atomic E-state index is 9.85. The fourth-order valence-electron chi connectivity index (χ4n) is 0.180. The second-order valence-corrected chi connectivity index (χ2v) is 0.845.